The number of nitrogens with one attached hydrogen (secondary N) is 2. The van der Waals surface area contributed by atoms with Crippen molar-refractivity contribution in [2.24, 2.45) is 5.92 Å². The molecule has 13 heteroatoms. The van der Waals surface area contributed by atoms with Crippen LogP contribution in [0.25, 0.3) is 0 Å². The van der Waals surface area contributed by atoms with Crippen molar-refractivity contribution in [2.45, 2.75) is 89.5 Å². The minimum absolute atomic E-state index is 0.0565. The Balaban J connectivity index is 0.788. The number of nitriles is 2. The number of hydrogen-bond donors (Lipinski definition) is 2. The van der Waals surface area contributed by atoms with Crippen LogP contribution in [0.4, 0.5) is 11.4 Å². The monoisotopic (exact) mass is 766 g/mol. The highest BCUT2D eigenvalue weighted by Gasteiger charge is 2.45. The molecule has 0 unspecified atom stereocenters. The molecule has 2 saturated heterocycles. The first kappa shape index (κ1) is 37.9. The fourth-order valence-electron chi connectivity index (χ4n) is 9.48. The van der Waals surface area contributed by atoms with Gasteiger partial charge in [0.15, 0.2) is 0 Å². The zero-order valence-electron chi connectivity index (χ0n) is 32.1. The molecule has 292 valence electrons. The number of amides is 5. The molecule has 3 aromatic rings. The van der Waals surface area contributed by atoms with Gasteiger partial charge in [-0.1, -0.05) is 0 Å². The summed E-state index contributed by atoms with van der Waals surface area (Å²) in [6, 6.07) is 20.7. The number of benzene rings is 3. The van der Waals surface area contributed by atoms with Crippen LogP contribution in [-0.2, 0) is 22.7 Å². The van der Waals surface area contributed by atoms with E-state index in [1.165, 1.54) is 0 Å². The highest BCUT2D eigenvalue weighted by atomic mass is 16.2. The van der Waals surface area contributed by atoms with Crippen molar-refractivity contribution in [3.05, 3.63) is 93.5 Å². The number of rotatable bonds is 9. The molecule has 2 N–H and O–H groups in total. The molecule has 0 radical (unpaired) electrons. The van der Waals surface area contributed by atoms with Crippen molar-refractivity contribution >= 4 is 40.9 Å². The van der Waals surface area contributed by atoms with E-state index in [2.05, 4.69) is 44.4 Å². The molecule has 8 rings (SSSR count). The number of fused-ring (bicyclic) bond motifs is 2. The second-order valence-electron chi connectivity index (χ2n) is 16.0. The highest BCUT2D eigenvalue weighted by Crippen LogP contribution is 2.35. The van der Waals surface area contributed by atoms with E-state index in [0.29, 0.717) is 52.9 Å². The second-order valence-corrected chi connectivity index (χ2v) is 16.0. The number of piperidine rings is 2. The Bertz CT molecular complexity index is 2160. The third-order valence-corrected chi connectivity index (χ3v) is 12.6. The molecule has 5 aliphatic rings. The predicted octanol–water partition coefficient (Wildman–Crippen LogP) is 4.63. The first-order valence-corrected chi connectivity index (χ1v) is 20.1. The van der Waals surface area contributed by atoms with Gasteiger partial charge in [-0.3, -0.25) is 39.1 Å². The Hall–Kier alpha value is -6.05. The molecule has 13 nitrogen and oxygen atoms in total. The van der Waals surface area contributed by atoms with E-state index in [1.807, 2.05) is 42.5 Å². The van der Waals surface area contributed by atoms with E-state index in [0.717, 1.165) is 92.1 Å². The summed E-state index contributed by atoms with van der Waals surface area (Å²) in [5, 5.41) is 24.3. The number of carbonyl (C=O) groups excluding carboxylic acids is 5. The van der Waals surface area contributed by atoms with Gasteiger partial charge in [-0.2, -0.15) is 10.5 Å². The minimum Gasteiger partial charge on any atom is -0.372 e. The topological polar surface area (TPSA) is 170 Å². The van der Waals surface area contributed by atoms with Gasteiger partial charge in [0.05, 0.1) is 22.3 Å². The molecule has 1 atom stereocenters. The first-order valence-electron chi connectivity index (χ1n) is 20.1. The van der Waals surface area contributed by atoms with Crippen LogP contribution in [0, 0.1) is 28.6 Å². The van der Waals surface area contributed by atoms with Crippen molar-refractivity contribution < 1.29 is 24.0 Å². The van der Waals surface area contributed by atoms with Crippen LogP contribution >= 0.6 is 0 Å². The molecule has 3 fully saturated rings. The van der Waals surface area contributed by atoms with Crippen molar-refractivity contribution in [1.29, 1.82) is 10.5 Å². The van der Waals surface area contributed by atoms with Crippen LogP contribution in [0.3, 0.4) is 0 Å². The lowest BCUT2D eigenvalue weighted by atomic mass is 9.89. The summed E-state index contributed by atoms with van der Waals surface area (Å²) in [6.07, 6.45) is 5.91. The van der Waals surface area contributed by atoms with Crippen molar-refractivity contribution in [2.75, 3.05) is 36.0 Å². The van der Waals surface area contributed by atoms with Crippen LogP contribution in [-0.4, -0.2) is 83.6 Å². The summed E-state index contributed by atoms with van der Waals surface area (Å²) >= 11 is 0. The van der Waals surface area contributed by atoms with Crippen LogP contribution in [0.15, 0.2) is 54.6 Å². The van der Waals surface area contributed by atoms with Crippen LogP contribution in [0.1, 0.15) is 112 Å². The van der Waals surface area contributed by atoms with Gasteiger partial charge < -0.3 is 15.1 Å². The fourth-order valence-corrected chi connectivity index (χ4v) is 9.48. The maximum Gasteiger partial charge on any atom is 0.262 e. The molecule has 0 aromatic heterocycles. The molecular weight excluding hydrogens is 721 g/mol. The van der Waals surface area contributed by atoms with Crippen molar-refractivity contribution in [3.8, 4) is 12.1 Å². The van der Waals surface area contributed by atoms with Gasteiger partial charge in [-0.15, -0.1) is 0 Å². The summed E-state index contributed by atoms with van der Waals surface area (Å²) in [6.45, 7) is 7.06. The van der Waals surface area contributed by atoms with Crippen molar-refractivity contribution in [1.82, 2.24) is 20.4 Å². The van der Waals surface area contributed by atoms with Crippen LogP contribution < -0.4 is 20.4 Å². The molecule has 1 aliphatic carbocycles. The maximum atomic E-state index is 13.3. The van der Waals surface area contributed by atoms with Gasteiger partial charge in [0.2, 0.25) is 11.8 Å². The Morgan fingerprint density at radius 3 is 2.07 bits per heavy atom. The first-order chi connectivity index (χ1) is 27.6. The predicted molar refractivity (Wildman–Crippen MR) is 211 cm³/mol. The zero-order valence-corrected chi connectivity index (χ0v) is 32.1. The van der Waals surface area contributed by atoms with E-state index >= 15 is 0 Å². The number of nitrogens with zero attached hydrogens (tertiary/aromatic N) is 6. The van der Waals surface area contributed by atoms with Gasteiger partial charge in [-0.05, 0) is 124 Å². The Kier molecular flexibility index (Phi) is 10.5. The number of carbonyl (C=O) groups is 5. The molecule has 57 heavy (non-hydrogen) atoms. The molecule has 4 heterocycles. The third kappa shape index (κ3) is 7.48. The molecule has 5 amide bonds. The lowest BCUT2D eigenvalue weighted by Crippen LogP contribution is -2.54. The number of imide groups is 2. The van der Waals surface area contributed by atoms with Crippen LogP contribution in [0.2, 0.25) is 0 Å². The third-order valence-electron chi connectivity index (χ3n) is 12.6. The quantitative estimate of drug-likeness (QED) is 0.293. The molecule has 4 aliphatic heterocycles. The van der Waals surface area contributed by atoms with E-state index in [1.54, 1.807) is 12.1 Å². The standard InChI is InChI=1S/C44H46N8O5/c1-2-51(36-10-5-29(22-45)30(19-36)23-46)35-11-6-33(7-12-35)47-41(54)28-3-8-34(9-4-28)50-17-15-27(16-18-50)24-49-25-31-20-37-38(21-32(31)26-49)44(57)52(43(37)56)39-13-14-40(53)48-42(39)55/h3-5,8-10,19-21,27,33,35,39H,2,6-7,11-18,24-26H2,1H3,(H,47,54)(H,48,53,55)/t33-,35-,39-/m1/s1. The van der Waals surface area contributed by atoms with Gasteiger partial charge in [0.1, 0.15) is 18.2 Å². The Labute approximate surface area is 332 Å². The van der Waals surface area contributed by atoms with Crippen LogP contribution in [0.5, 0.6) is 0 Å². The zero-order chi connectivity index (χ0) is 39.8. The van der Waals surface area contributed by atoms with E-state index in [4.69, 9.17) is 0 Å². The molecule has 3 aromatic carbocycles. The average Bonchev–Trinajstić information content (AvgIpc) is 3.73. The van der Waals surface area contributed by atoms with E-state index < -0.39 is 23.8 Å². The summed E-state index contributed by atoms with van der Waals surface area (Å²) in [4.78, 5) is 72.0. The lowest BCUT2D eigenvalue weighted by molar-refractivity contribution is -0.136. The summed E-state index contributed by atoms with van der Waals surface area (Å²) in [7, 11) is 0. The summed E-state index contributed by atoms with van der Waals surface area (Å²) in [5.41, 5.74) is 6.23. The highest BCUT2D eigenvalue weighted by molar-refractivity contribution is 6.23. The van der Waals surface area contributed by atoms with Gasteiger partial charge in [-0.25, -0.2) is 0 Å². The van der Waals surface area contributed by atoms with E-state index in [-0.39, 0.29) is 30.7 Å². The normalized spacial score (nSPS) is 22.4. The van der Waals surface area contributed by atoms with Gasteiger partial charge >= 0.3 is 0 Å². The average molecular weight is 767 g/mol. The molecule has 1 saturated carbocycles. The van der Waals surface area contributed by atoms with Gasteiger partial charge in [0, 0.05) is 74.7 Å². The van der Waals surface area contributed by atoms with Crippen molar-refractivity contribution in [3.63, 3.8) is 0 Å². The molecular formula is C44H46N8O5. The largest absolute Gasteiger partial charge is 0.372 e. The smallest absolute Gasteiger partial charge is 0.262 e. The SMILES string of the molecule is CCN(c1ccc(C#N)c(C#N)c1)[C@H]1CC[C@H](NC(=O)c2ccc(N3CCC(CN4Cc5cc6c(cc5C4)C(=O)N([C@@H]4CCC(=O)NC4=O)C6=O)CC3)cc2)CC1. The fraction of sp³-hybridized carbons (Fsp3) is 0.432. The number of hydrogen-bond acceptors (Lipinski definition) is 10. The number of anilines is 2. The van der Waals surface area contributed by atoms with E-state index in [9.17, 15) is 34.5 Å². The molecule has 0 bridgehead atoms. The second kappa shape index (κ2) is 15.8. The lowest BCUT2D eigenvalue weighted by Gasteiger charge is -2.38. The summed E-state index contributed by atoms with van der Waals surface area (Å²) in [5.74, 6) is -1.47. The van der Waals surface area contributed by atoms with Gasteiger partial charge in [0.25, 0.3) is 17.7 Å². The minimum atomic E-state index is -0.964. The Morgan fingerprint density at radius 1 is 0.825 bits per heavy atom. The Morgan fingerprint density at radius 2 is 1.47 bits per heavy atom. The summed E-state index contributed by atoms with van der Waals surface area (Å²) < 4.78 is 0. The maximum absolute atomic E-state index is 13.3. The molecule has 0 spiro atoms.